The molecule has 4 nitrogen and oxygen atoms in total. The first-order valence-electron chi connectivity index (χ1n) is 6.64. The Kier molecular flexibility index (Phi) is 3.51. The summed E-state index contributed by atoms with van der Waals surface area (Å²) in [5, 5.41) is 3.48. The van der Waals surface area contributed by atoms with Crippen LogP contribution in [0.15, 0.2) is 12.1 Å². The van der Waals surface area contributed by atoms with Crippen LogP contribution in [0.3, 0.4) is 0 Å². The van der Waals surface area contributed by atoms with Gasteiger partial charge in [0.05, 0.1) is 5.02 Å². The zero-order chi connectivity index (χ0) is 13.2. The maximum atomic E-state index is 12.2. The normalized spacial score (nSPS) is 18.4. The number of hydrogen-bond acceptors (Lipinski definition) is 3. The first-order chi connectivity index (χ1) is 9.24. The van der Waals surface area contributed by atoms with Crippen molar-refractivity contribution in [2.75, 3.05) is 6.79 Å². The Morgan fingerprint density at radius 3 is 2.79 bits per heavy atom. The molecule has 1 amide bonds. The summed E-state index contributed by atoms with van der Waals surface area (Å²) in [7, 11) is 0. The summed E-state index contributed by atoms with van der Waals surface area (Å²) in [4.78, 5) is 12.2. The maximum absolute atomic E-state index is 12.2. The highest BCUT2D eigenvalue weighted by atomic mass is 35.5. The summed E-state index contributed by atoms with van der Waals surface area (Å²) in [5.74, 6) is 0.976. The first kappa shape index (κ1) is 12.6. The fourth-order valence-electron chi connectivity index (χ4n) is 2.61. The molecule has 0 radical (unpaired) electrons. The Bertz CT molecular complexity index is 498. The molecule has 2 aliphatic rings. The van der Waals surface area contributed by atoms with E-state index in [0.717, 1.165) is 12.8 Å². The smallest absolute Gasteiger partial charge is 0.251 e. The van der Waals surface area contributed by atoms with Crippen molar-refractivity contribution in [2.24, 2.45) is 0 Å². The third-order valence-electron chi connectivity index (χ3n) is 3.63. The van der Waals surface area contributed by atoms with Crippen LogP contribution in [-0.4, -0.2) is 18.7 Å². The minimum Gasteiger partial charge on any atom is -0.454 e. The van der Waals surface area contributed by atoms with Gasteiger partial charge in [-0.15, -0.1) is 0 Å². The van der Waals surface area contributed by atoms with Crippen LogP contribution in [0.5, 0.6) is 11.5 Å². The quantitative estimate of drug-likeness (QED) is 0.906. The van der Waals surface area contributed by atoms with E-state index in [9.17, 15) is 4.79 Å². The fourth-order valence-corrected chi connectivity index (χ4v) is 2.88. The average molecular weight is 282 g/mol. The summed E-state index contributed by atoms with van der Waals surface area (Å²) in [5.41, 5.74) is 0.528. The molecule has 19 heavy (non-hydrogen) atoms. The van der Waals surface area contributed by atoms with E-state index in [1.807, 2.05) is 0 Å². The number of carbonyl (C=O) groups excluding carboxylic acids is 1. The number of hydrogen-bond donors (Lipinski definition) is 1. The largest absolute Gasteiger partial charge is 0.454 e. The molecule has 1 aliphatic heterocycles. The molecule has 102 valence electrons. The van der Waals surface area contributed by atoms with Crippen molar-refractivity contribution < 1.29 is 14.3 Å². The van der Waals surface area contributed by atoms with E-state index in [1.54, 1.807) is 12.1 Å². The highest BCUT2D eigenvalue weighted by Gasteiger charge is 2.22. The van der Waals surface area contributed by atoms with Crippen LogP contribution >= 0.6 is 11.6 Å². The number of halogens is 1. The van der Waals surface area contributed by atoms with Crippen molar-refractivity contribution in [1.82, 2.24) is 5.32 Å². The van der Waals surface area contributed by atoms with Crippen LogP contribution in [0, 0.1) is 0 Å². The molecule has 1 fully saturated rings. The molecule has 5 heteroatoms. The van der Waals surface area contributed by atoms with Crippen LogP contribution < -0.4 is 14.8 Å². The molecule has 1 heterocycles. The lowest BCUT2D eigenvalue weighted by Gasteiger charge is -2.22. The summed E-state index contributed by atoms with van der Waals surface area (Å²) in [6, 6.07) is 3.60. The molecule has 1 saturated carbocycles. The van der Waals surface area contributed by atoms with Gasteiger partial charge in [-0.2, -0.15) is 0 Å². The van der Waals surface area contributed by atoms with Gasteiger partial charge in [-0.3, -0.25) is 4.79 Å². The van der Waals surface area contributed by atoms with Gasteiger partial charge >= 0.3 is 0 Å². The zero-order valence-corrected chi connectivity index (χ0v) is 11.3. The van der Waals surface area contributed by atoms with Crippen molar-refractivity contribution in [3.05, 3.63) is 22.7 Å². The number of rotatable bonds is 2. The molecular weight excluding hydrogens is 266 g/mol. The van der Waals surface area contributed by atoms with Gasteiger partial charge < -0.3 is 14.8 Å². The summed E-state index contributed by atoms with van der Waals surface area (Å²) >= 11 is 6.08. The van der Waals surface area contributed by atoms with Crippen molar-refractivity contribution in [1.29, 1.82) is 0 Å². The number of ether oxygens (including phenoxy) is 2. The van der Waals surface area contributed by atoms with Crippen molar-refractivity contribution in [3.8, 4) is 11.5 Å². The predicted octanol–water partition coefficient (Wildman–Crippen LogP) is 3.13. The van der Waals surface area contributed by atoms with Crippen LogP contribution in [0.2, 0.25) is 5.02 Å². The van der Waals surface area contributed by atoms with E-state index >= 15 is 0 Å². The first-order valence-corrected chi connectivity index (χ1v) is 7.02. The molecule has 0 saturated heterocycles. The SMILES string of the molecule is O=C(NC1CCCCC1)c1cc(Cl)c2c(c1)OCO2. The van der Waals surface area contributed by atoms with Gasteiger partial charge in [-0.25, -0.2) is 0 Å². The van der Waals surface area contributed by atoms with E-state index in [1.165, 1.54) is 19.3 Å². The molecule has 0 atom stereocenters. The standard InChI is InChI=1S/C14H16ClNO3/c15-11-6-9(7-12-13(11)19-8-18-12)14(17)16-10-4-2-1-3-5-10/h6-7,10H,1-5,8H2,(H,16,17). The molecule has 0 aromatic heterocycles. The van der Waals surface area contributed by atoms with E-state index < -0.39 is 0 Å². The Labute approximate surface area is 117 Å². The van der Waals surface area contributed by atoms with E-state index in [2.05, 4.69) is 5.32 Å². The van der Waals surface area contributed by atoms with E-state index in [-0.39, 0.29) is 18.7 Å². The topological polar surface area (TPSA) is 47.6 Å². The molecule has 1 aromatic carbocycles. The van der Waals surface area contributed by atoms with E-state index in [0.29, 0.717) is 22.1 Å². The van der Waals surface area contributed by atoms with Crippen molar-refractivity contribution in [2.45, 2.75) is 38.1 Å². The highest BCUT2D eigenvalue weighted by Crippen LogP contribution is 2.39. The molecule has 0 bridgehead atoms. The monoisotopic (exact) mass is 281 g/mol. The fraction of sp³-hybridized carbons (Fsp3) is 0.500. The van der Waals surface area contributed by atoms with Crippen molar-refractivity contribution in [3.63, 3.8) is 0 Å². The molecule has 1 aliphatic carbocycles. The molecule has 0 spiro atoms. The van der Waals surface area contributed by atoms with Gasteiger partial charge in [0, 0.05) is 11.6 Å². The van der Waals surface area contributed by atoms with Gasteiger partial charge in [0.2, 0.25) is 6.79 Å². The van der Waals surface area contributed by atoms with Gasteiger partial charge in [0.1, 0.15) is 0 Å². The summed E-state index contributed by atoms with van der Waals surface area (Å²) in [6.07, 6.45) is 5.76. The van der Waals surface area contributed by atoms with Gasteiger partial charge in [0.25, 0.3) is 5.91 Å². The number of fused-ring (bicyclic) bond motifs is 1. The van der Waals surface area contributed by atoms with Crippen LogP contribution in [-0.2, 0) is 0 Å². The lowest BCUT2D eigenvalue weighted by Crippen LogP contribution is -2.36. The predicted molar refractivity (Wildman–Crippen MR) is 71.9 cm³/mol. The Morgan fingerprint density at radius 1 is 1.21 bits per heavy atom. The number of amides is 1. The van der Waals surface area contributed by atoms with Gasteiger partial charge in [0.15, 0.2) is 11.5 Å². The Morgan fingerprint density at radius 2 is 2.00 bits per heavy atom. The number of benzene rings is 1. The summed E-state index contributed by atoms with van der Waals surface area (Å²) < 4.78 is 10.5. The Balaban J connectivity index is 1.74. The lowest BCUT2D eigenvalue weighted by atomic mass is 9.95. The molecular formula is C14H16ClNO3. The van der Waals surface area contributed by atoms with E-state index in [4.69, 9.17) is 21.1 Å². The molecule has 0 unspecified atom stereocenters. The second kappa shape index (κ2) is 5.29. The molecule has 1 N–H and O–H groups in total. The second-order valence-corrected chi connectivity index (χ2v) is 5.41. The second-order valence-electron chi connectivity index (χ2n) is 5.00. The minimum atomic E-state index is -0.0906. The number of nitrogens with one attached hydrogen (secondary N) is 1. The average Bonchev–Trinajstić information content (AvgIpc) is 2.88. The molecule has 1 aromatic rings. The van der Waals surface area contributed by atoms with Crippen molar-refractivity contribution >= 4 is 17.5 Å². The maximum Gasteiger partial charge on any atom is 0.251 e. The zero-order valence-electron chi connectivity index (χ0n) is 10.6. The lowest BCUT2D eigenvalue weighted by molar-refractivity contribution is 0.0927. The Hall–Kier alpha value is -1.42. The van der Waals surface area contributed by atoms with Crippen LogP contribution in [0.1, 0.15) is 42.5 Å². The molecule has 3 rings (SSSR count). The van der Waals surface area contributed by atoms with Crippen LogP contribution in [0.25, 0.3) is 0 Å². The van der Waals surface area contributed by atoms with Crippen LogP contribution in [0.4, 0.5) is 0 Å². The minimum absolute atomic E-state index is 0.0906. The third-order valence-corrected chi connectivity index (χ3v) is 3.91. The third kappa shape index (κ3) is 2.63. The summed E-state index contributed by atoms with van der Waals surface area (Å²) in [6.45, 7) is 0.156. The van der Waals surface area contributed by atoms with Gasteiger partial charge in [-0.1, -0.05) is 30.9 Å². The highest BCUT2D eigenvalue weighted by molar-refractivity contribution is 6.32. The van der Waals surface area contributed by atoms with Gasteiger partial charge in [-0.05, 0) is 25.0 Å². The number of carbonyl (C=O) groups is 1.